The van der Waals surface area contributed by atoms with Crippen molar-refractivity contribution in [3.63, 3.8) is 0 Å². The van der Waals surface area contributed by atoms with Crippen molar-refractivity contribution in [3.05, 3.63) is 28.8 Å². The molecule has 0 aromatic heterocycles. The van der Waals surface area contributed by atoms with Crippen molar-refractivity contribution in [2.24, 2.45) is 11.7 Å². The highest BCUT2D eigenvalue weighted by atomic mass is 35.5. The molecule has 0 aliphatic carbocycles. The summed E-state index contributed by atoms with van der Waals surface area (Å²) < 4.78 is 0. The van der Waals surface area contributed by atoms with Crippen molar-refractivity contribution in [3.8, 4) is 0 Å². The molecule has 5 nitrogen and oxygen atoms in total. The Hall–Kier alpha value is -1.59. The molecule has 0 spiro atoms. The van der Waals surface area contributed by atoms with E-state index in [0.717, 1.165) is 31.5 Å². The lowest BCUT2D eigenvalue weighted by Gasteiger charge is -2.27. The van der Waals surface area contributed by atoms with Gasteiger partial charge in [0.15, 0.2) is 6.54 Å². The number of halogens is 1. The van der Waals surface area contributed by atoms with Crippen LogP contribution in [0.1, 0.15) is 18.4 Å². The van der Waals surface area contributed by atoms with Gasteiger partial charge in [0.2, 0.25) is 5.91 Å². The molecule has 0 saturated carbocycles. The molecule has 1 heterocycles. The quantitative estimate of drug-likeness (QED) is 0.751. The normalized spacial score (nSPS) is 21.8. The van der Waals surface area contributed by atoms with Crippen LogP contribution in [0.25, 0.3) is 0 Å². The summed E-state index contributed by atoms with van der Waals surface area (Å²) >= 11 is 6.10. The summed E-state index contributed by atoms with van der Waals surface area (Å²) in [5.74, 6) is -0.332. The lowest BCUT2D eigenvalue weighted by Crippen LogP contribution is -3.14. The third-order valence-electron chi connectivity index (χ3n) is 3.90. The van der Waals surface area contributed by atoms with Gasteiger partial charge < -0.3 is 16.0 Å². The fraction of sp³-hybridized carbons (Fsp3) is 0.467. The van der Waals surface area contributed by atoms with Gasteiger partial charge in [0.1, 0.15) is 0 Å². The average Bonchev–Trinajstić information content (AvgIpc) is 2.42. The van der Waals surface area contributed by atoms with Crippen LogP contribution in [0.4, 0.5) is 5.69 Å². The second-order valence-electron chi connectivity index (χ2n) is 5.63. The van der Waals surface area contributed by atoms with Gasteiger partial charge in [0.25, 0.3) is 5.91 Å². The van der Waals surface area contributed by atoms with E-state index in [9.17, 15) is 9.59 Å². The Morgan fingerprint density at radius 3 is 2.62 bits per heavy atom. The predicted molar refractivity (Wildman–Crippen MR) is 82.3 cm³/mol. The highest BCUT2D eigenvalue weighted by Gasteiger charge is 2.27. The van der Waals surface area contributed by atoms with E-state index in [1.807, 2.05) is 25.1 Å². The minimum atomic E-state index is -0.232. The maximum atomic E-state index is 12.1. The molecule has 2 amide bonds. The molecule has 0 bridgehead atoms. The Balaban J connectivity index is 1.84. The van der Waals surface area contributed by atoms with Crippen LogP contribution in [0.2, 0.25) is 5.02 Å². The first-order valence-corrected chi connectivity index (χ1v) is 7.52. The Labute approximate surface area is 129 Å². The zero-order valence-electron chi connectivity index (χ0n) is 12.1. The molecule has 1 fully saturated rings. The second-order valence-corrected chi connectivity index (χ2v) is 6.04. The number of carbonyl (C=O) groups excluding carboxylic acids is 2. The molecular formula is C15H21ClN3O2+. The van der Waals surface area contributed by atoms with E-state index < -0.39 is 0 Å². The number of piperidine rings is 1. The molecule has 114 valence electrons. The molecule has 1 aromatic carbocycles. The third-order valence-corrected chi connectivity index (χ3v) is 4.22. The van der Waals surface area contributed by atoms with Crippen molar-refractivity contribution in [2.75, 3.05) is 25.0 Å². The maximum Gasteiger partial charge on any atom is 0.279 e. The number of quaternary nitrogens is 1. The number of hydrogen-bond acceptors (Lipinski definition) is 2. The number of amides is 2. The first-order valence-electron chi connectivity index (χ1n) is 7.14. The molecule has 21 heavy (non-hydrogen) atoms. The molecular weight excluding hydrogens is 290 g/mol. The topological polar surface area (TPSA) is 76.6 Å². The zero-order chi connectivity index (χ0) is 15.4. The number of likely N-dealkylation sites (tertiary alicyclic amines) is 1. The molecule has 1 saturated heterocycles. The van der Waals surface area contributed by atoms with Gasteiger partial charge in [0.05, 0.1) is 23.8 Å². The molecule has 0 atom stereocenters. The van der Waals surface area contributed by atoms with Crippen molar-refractivity contribution in [1.29, 1.82) is 0 Å². The lowest BCUT2D eigenvalue weighted by atomic mass is 9.96. The molecule has 1 aliphatic heterocycles. The van der Waals surface area contributed by atoms with Gasteiger partial charge in [-0.25, -0.2) is 0 Å². The summed E-state index contributed by atoms with van der Waals surface area (Å²) in [6.07, 6.45) is 1.51. The molecule has 1 aliphatic rings. The summed E-state index contributed by atoms with van der Waals surface area (Å²) in [6.45, 7) is 3.92. The Kier molecular flexibility index (Phi) is 5.20. The number of aryl methyl sites for hydroxylation is 1. The van der Waals surface area contributed by atoms with Crippen LogP contribution >= 0.6 is 11.6 Å². The Bertz CT molecular complexity index is 540. The van der Waals surface area contributed by atoms with E-state index in [-0.39, 0.29) is 17.7 Å². The van der Waals surface area contributed by atoms with E-state index >= 15 is 0 Å². The minimum absolute atomic E-state index is 0.0386. The largest absolute Gasteiger partial charge is 0.369 e. The minimum Gasteiger partial charge on any atom is -0.369 e. The van der Waals surface area contributed by atoms with Crippen LogP contribution < -0.4 is 16.0 Å². The third kappa shape index (κ3) is 4.44. The second kappa shape index (κ2) is 6.91. The van der Waals surface area contributed by atoms with Gasteiger partial charge in [-0.2, -0.15) is 0 Å². The average molecular weight is 311 g/mol. The maximum absolute atomic E-state index is 12.1. The lowest BCUT2D eigenvalue weighted by molar-refractivity contribution is -0.897. The number of hydrogen-bond donors (Lipinski definition) is 3. The van der Waals surface area contributed by atoms with Crippen LogP contribution in [-0.4, -0.2) is 31.4 Å². The van der Waals surface area contributed by atoms with E-state index in [0.29, 0.717) is 17.3 Å². The molecule has 4 N–H and O–H groups in total. The number of carbonyl (C=O) groups is 2. The number of anilines is 1. The van der Waals surface area contributed by atoms with E-state index in [4.69, 9.17) is 17.3 Å². The van der Waals surface area contributed by atoms with Crippen LogP contribution in [0, 0.1) is 12.8 Å². The van der Waals surface area contributed by atoms with Gasteiger partial charge in [-0.05, 0) is 24.6 Å². The summed E-state index contributed by atoms with van der Waals surface area (Å²) in [5, 5.41) is 3.38. The van der Waals surface area contributed by atoms with E-state index in [2.05, 4.69) is 5.32 Å². The van der Waals surface area contributed by atoms with Crippen molar-refractivity contribution in [1.82, 2.24) is 0 Å². The molecule has 0 radical (unpaired) electrons. The van der Waals surface area contributed by atoms with Gasteiger partial charge >= 0.3 is 0 Å². The van der Waals surface area contributed by atoms with Crippen LogP contribution in [0.3, 0.4) is 0 Å². The summed E-state index contributed by atoms with van der Waals surface area (Å²) in [7, 11) is 0. The number of benzene rings is 1. The first kappa shape index (κ1) is 15.8. The standard InChI is InChI=1S/C15H20ClN3O2/c1-10-2-3-13(12(16)8-10)18-14(20)9-19-6-4-11(5-7-19)15(17)21/h2-3,8,11H,4-7,9H2,1H3,(H2,17,21)(H,18,20)/p+1. The van der Waals surface area contributed by atoms with E-state index in [1.54, 1.807) is 0 Å². The number of rotatable bonds is 4. The monoisotopic (exact) mass is 310 g/mol. The Morgan fingerprint density at radius 1 is 1.38 bits per heavy atom. The molecule has 2 rings (SSSR count). The fourth-order valence-corrected chi connectivity index (χ4v) is 2.91. The molecule has 1 aromatic rings. The Morgan fingerprint density at radius 2 is 2.05 bits per heavy atom. The van der Waals surface area contributed by atoms with Crippen molar-refractivity contribution >= 4 is 29.1 Å². The van der Waals surface area contributed by atoms with Crippen LogP contribution in [0.5, 0.6) is 0 Å². The summed E-state index contributed by atoms with van der Waals surface area (Å²) in [4.78, 5) is 24.3. The van der Waals surface area contributed by atoms with E-state index in [1.165, 1.54) is 4.90 Å². The summed E-state index contributed by atoms with van der Waals surface area (Å²) in [5.41, 5.74) is 6.99. The summed E-state index contributed by atoms with van der Waals surface area (Å²) in [6, 6.07) is 5.54. The smallest absolute Gasteiger partial charge is 0.279 e. The van der Waals surface area contributed by atoms with Gasteiger partial charge in [0, 0.05) is 18.8 Å². The zero-order valence-corrected chi connectivity index (χ0v) is 12.9. The number of nitrogens with two attached hydrogens (primary N) is 1. The van der Waals surface area contributed by atoms with Gasteiger partial charge in [-0.3, -0.25) is 9.59 Å². The molecule has 6 heteroatoms. The highest BCUT2D eigenvalue weighted by molar-refractivity contribution is 6.33. The van der Waals surface area contributed by atoms with Crippen molar-refractivity contribution < 1.29 is 14.5 Å². The van der Waals surface area contributed by atoms with Crippen LogP contribution in [-0.2, 0) is 9.59 Å². The molecule has 0 unspecified atom stereocenters. The predicted octanol–water partition coefficient (Wildman–Crippen LogP) is 0.367. The van der Waals surface area contributed by atoms with Crippen LogP contribution in [0.15, 0.2) is 18.2 Å². The van der Waals surface area contributed by atoms with Crippen molar-refractivity contribution in [2.45, 2.75) is 19.8 Å². The van der Waals surface area contributed by atoms with Gasteiger partial charge in [-0.15, -0.1) is 0 Å². The number of nitrogens with one attached hydrogen (secondary N) is 2. The highest BCUT2D eigenvalue weighted by Crippen LogP contribution is 2.22. The fourth-order valence-electron chi connectivity index (χ4n) is 2.63. The first-order chi connectivity index (χ1) is 9.95. The number of primary amides is 1. The van der Waals surface area contributed by atoms with Gasteiger partial charge in [-0.1, -0.05) is 17.7 Å². The SMILES string of the molecule is Cc1ccc(NC(=O)C[NH+]2CCC(C(N)=O)CC2)c(Cl)c1.